The van der Waals surface area contributed by atoms with Crippen molar-refractivity contribution in [3.63, 3.8) is 0 Å². The Bertz CT molecular complexity index is 820. The van der Waals surface area contributed by atoms with E-state index in [1.165, 1.54) is 17.0 Å². The molecule has 1 aliphatic heterocycles. The van der Waals surface area contributed by atoms with Gasteiger partial charge in [0.25, 0.3) is 11.8 Å². The molecule has 0 spiro atoms. The van der Waals surface area contributed by atoms with Crippen LogP contribution in [0.15, 0.2) is 48.5 Å². The number of halogens is 1. The zero-order valence-electron chi connectivity index (χ0n) is 13.0. The highest BCUT2D eigenvalue weighted by Crippen LogP contribution is 2.25. The summed E-state index contributed by atoms with van der Waals surface area (Å²) in [7, 11) is 1.59. The van der Waals surface area contributed by atoms with Gasteiger partial charge >= 0.3 is 0 Å². The fraction of sp³-hybridized carbons (Fsp3) is 0.167. The number of hydrogen-bond acceptors (Lipinski definition) is 3. The molecule has 0 saturated heterocycles. The Balaban J connectivity index is 1.73. The highest BCUT2D eigenvalue weighted by molar-refractivity contribution is 6.22. The molecule has 0 fully saturated rings. The monoisotopic (exact) mass is 326 g/mol. The van der Waals surface area contributed by atoms with Crippen molar-refractivity contribution in [1.82, 2.24) is 9.80 Å². The molecule has 0 aliphatic carbocycles. The largest absolute Gasteiger partial charge is 0.340 e. The molecule has 1 heterocycles. The van der Waals surface area contributed by atoms with Crippen molar-refractivity contribution in [1.29, 1.82) is 0 Å². The van der Waals surface area contributed by atoms with Gasteiger partial charge < -0.3 is 4.90 Å². The molecule has 1 aliphatic rings. The number of carbonyl (C=O) groups excluding carboxylic acids is 3. The molecule has 5 nitrogen and oxygen atoms in total. The van der Waals surface area contributed by atoms with Gasteiger partial charge in [-0.05, 0) is 17.7 Å². The predicted octanol–water partition coefficient (Wildman–Crippen LogP) is 2.08. The van der Waals surface area contributed by atoms with Crippen LogP contribution in [0.3, 0.4) is 0 Å². The second-order valence-corrected chi connectivity index (χ2v) is 5.59. The molecule has 3 rings (SSSR count). The van der Waals surface area contributed by atoms with Crippen LogP contribution < -0.4 is 0 Å². The quantitative estimate of drug-likeness (QED) is 0.808. The van der Waals surface area contributed by atoms with Crippen molar-refractivity contribution in [3.8, 4) is 0 Å². The lowest BCUT2D eigenvalue weighted by Crippen LogP contribution is -2.41. The number of rotatable bonds is 4. The first-order chi connectivity index (χ1) is 11.5. The molecule has 24 heavy (non-hydrogen) atoms. The molecule has 3 amide bonds. The summed E-state index contributed by atoms with van der Waals surface area (Å²) in [5.74, 6) is -2.56. The first-order valence-corrected chi connectivity index (χ1v) is 7.41. The molecule has 0 aromatic heterocycles. The molecule has 0 bridgehead atoms. The Morgan fingerprint density at radius 1 is 1.04 bits per heavy atom. The van der Waals surface area contributed by atoms with Crippen LogP contribution in [0, 0.1) is 5.82 Å². The number of benzene rings is 2. The van der Waals surface area contributed by atoms with Crippen LogP contribution in [0.25, 0.3) is 0 Å². The van der Waals surface area contributed by atoms with E-state index >= 15 is 0 Å². The first-order valence-electron chi connectivity index (χ1n) is 7.41. The zero-order chi connectivity index (χ0) is 17.3. The van der Waals surface area contributed by atoms with Crippen molar-refractivity contribution in [2.75, 3.05) is 13.6 Å². The Labute approximate surface area is 138 Å². The van der Waals surface area contributed by atoms with E-state index in [0.717, 1.165) is 16.5 Å². The van der Waals surface area contributed by atoms with Crippen molar-refractivity contribution < 1.29 is 18.8 Å². The summed E-state index contributed by atoms with van der Waals surface area (Å²) in [6.45, 7) is -0.0493. The van der Waals surface area contributed by atoms with E-state index in [9.17, 15) is 18.8 Å². The maximum absolute atomic E-state index is 13.8. The molecule has 122 valence electrons. The van der Waals surface area contributed by atoms with Crippen LogP contribution in [0.1, 0.15) is 26.3 Å². The number of hydrogen-bond donors (Lipinski definition) is 0. The predicted molar refractivity (Wildman–Crippen MR) is 84.7 cm³/mol. The highest BCUT2D eigenvalue weighted by atomic mass is 19.1. The Morgan fingerprint density at radius 2 is 1.75 bits per heavy atom. The average Bonchev–Trinajstić information content (AvgIpc) is 2.81. The summed E-state index contributed by atoms with van der Waals surface area (Å²) in [6, 6.07) is 13.2. The van der Waals surface area contributed by atoms with Crippen molar-refractivity contribution in [2.45, 2.75) is 6.54 Å². The second kappa shape index (κ2) is 6.23. The first kappa shape index (κ1) is 15.9. The molecule has 2 aromatic rings. The van der Waals surface area contributed by atoms with Crippen LogP contribution in [0.5, 0.6) is 0 Å². The minimum atomic E-state index is -0.769. The number of carbonyl (C=O) groups is 3. The van der Waals surface area contributed by atoms with Crippen molar-refractivity contribution in [2.24, 2.45) is 0 Å². The Hall–Kier alpha value is -3.02. The summed E-state index contributed by atoms with van der Waals surface area (Å²) in [5.41, 5.74) is 0.668. The minimum Gasteiger partial charge on any atom is -0.340 e. The molecular formula is C18H15FN2O3. The summed E-state index contributed by atoms with van der Waals surface area (Å²) >= 11 is 0. The normalized spacial score (nSPS) is 13.2. The fourth-order valence-electron chi connectivity index (χ4n) is 2.64. The summed E-state index contributed by atoms with van der Waals surface area (Å²) in [6.07, 6.45) is 0. The van der Waals surface area contributed by atoms with Gasteiger partial charge in [-0.3, -0.25) is 19.3 Å². The second-order valence-electron chi connectivity index (χ2n) is 5.59. The van der Waals surface area contributed by atoms with Crippen LogP contribution in [-0.4, -0.2) is 41.1 Å². The van der Waals surface area contributed by atoms with E-state index in [2.05, 4.69) is 0 Å². The van der Waals surface area contributed by atoms with Gasteiger partial charge in [-0.2, -0.15) is 0 Å². The third-order valence-corrected chi connectivity index (χ3v) is 3.93. The van der Waals surface area contributed by atoms with Crippen LogP contribution in [0.2, 0.25) is 0 Å². The molecule has 0 unspecified atom stereocenters. The van der Waals surface area contributed by atoms with E-state index < -0.39 is 30.1 Å². The van der Waals surface area contributed by atoms with Crippen LogP contribution >= 0.6 is 0 Å². The van der Waals surface area contributed by atoms with E-state index in [0.29, 0.717) is 6.54 Å². The number of imide groups is 1. The number of amides is 3. The lowest BCUT2D eigenvalue weighted by Gasteiger charge is -2.20. The van der Waals surface area contributed by atoms with Gasteiger partial charge in [-0.15, -0.1) is 0 Å². The van der Waals surface area contributed by atoms with Gasteiger partial charge in [0.1, 0.15) is 12.4 Å². The van der Waals surface area contributed by atoms with Gasteiger partial charge in [0.2, 0.25) is 5.91 Å². The minimum absolute atomic E-state index is 0.00138. The van der Waals surface area contributed by atoms with E-state index in [1.54, 1.807) is 7.05 Å². The lowest BCUT2D eigenvalue weighted by atomic mass is 10.1. The molecule has 0 radical (unpaired) electrons. The number of nitrogens with zero attached hydrogens (tertiary/aromatic N) is 2. The average molecular weight is 326 g/mol. The molecular weight excluding hydrogens is 311 g/mol. The molecule has 2 aromatic carbocycles. The van der Waals surface area contributed by atoms with E-state index in [4.69, 9.17) is 0 Å². The Kier molecular flexibility index (Phi) is 4.12. The SMILES string of the molecule is CN(Cc1ccccc1)C(=O)CN1C(=O)c2cccc(F)c2C1=O. The van der Waals surface area contributed by atoms with Gasteiger partial charge in [0, 0.05) is 13.6 Å². The molecule has 0 atom stereocenters. The maximum Gasteiger partial charge on any atom is 0.265 e. The Morgan fingerprint density at radius 3 is 2.42 bits per heavy atom. The molecule has 0 saturated carbocycles. The van der Waals surface area contributed by atoms with E-state index in [-0.39, 0.29) is 11.1 Å². The smallest absolute Gasteiger partial charge is 0.265 e. The van der Waals surface area contributed by atoms with Gasteiger partial charge in [0.15, 0.2) is 0 Å². The number of likely N-dealkylation sites (N-methyl/N-ethyl adjacent to an activating group) is 1. The van der Waals surface area contributed by atoms with Gasteiger partial charge in [-0.1, -0.05) is 36.4 Å². The van der Waals surface area contributed by atoms with Crippen molar-refractivity contribution in [3.05, 3.63) is 71.0 Å². The van der Waals surface area contributed by atoms with Crippen molar-refractivity contribution >= 4 is 17.7 Å². The molecule has 0 N–H and O–H groups in total. The molecule has 6 heteroatoms. The van der Waals surface area contributed by atoms with Crippen LogP contribution in [-0.2, 0) is 11.3 Å². The third-order valence-electron chi connectivity index (χ3n) is 3.93. The zero-order valence-corrected chi connectivity index (χ0v) is 13.0. The maximum atomic E-state index is 13.8. The van der Waals surface area contributed by atoms with Gasteiger partial charge in [-0.25, -0.2) is 4.39 Å². The third kappa shape index (κ3) is 2.78. The summed E-state index contributed by atoms with van der Waals surface area (Å²) in [5, 5.41) is 0. The topological polar surface area (TPSA) is 57.7 Å². The van der Waals surface area contributed by atoms with Crippen LogP contribution in [0.4, 0.5) is 4.39 Å². The van der Waals surface area contributed by atoms with E-state index in [1.807, 2.05) is 30.3 Å². The standard InChI is InChI=1S/C18H15FN2O3/c1-20(10-12-6-3-2-4-7-12)15(22)11-21-17(23)13-8-5-9-14(19)16(13)18(21)24/h2-9H,10-11H2,1H3. The summed E-state index contributed by atoms with van der Waals surface area (Å²) in [4.78, 5) is 39.0. The fourth-order valence-corrected chi connectivity index (χ4v) is 2.64. The highest BCUT2D eigenvalue weighted by Gasteiger charge is 2.39. The lowest BCUT2D eigenvalue weighted by molar-refractivity contribution is -0.130. The van der Waals surface area contributed by atoms with Gasteiger partial charge in [0.05, 0.1) is 11.1 Å². The number of fused-ring (bicyclic) bond motifs is 1. The summed E-state index contributed by atoms with van der Waals surface area (Å²) < 4.78 is 13.8.